The molecule has 0 bridgehead atoms. The van der Waals surface area contributed by atoms with Crippen LogP contribution in [0.4, 0.5) is 11.6 Å². The molecule has 1 aromatic heterocycles. The van der Waals surface area contributed by atoms with Crippen LogP contribution in [0, 0.1) is 6.92 Å². The summed E-state index contributed by atoms with van der Waals surface area (Å²) < 4.78 is 5.28. The fourth-order valence-electron chi connectivity index (χ4n) is 1.60. The highest BCUT2D eigenvalue weighted by Crippen LogP contribution is 2.19. The number of aromatic nitrogens is 2. The molecule has 0 spiro atoms. The lowest BCUT2D eigenvalue weighted by Gasteiger charge is -2.13. The van der Waals surface area contributed by atoms with Crippen molar-refractivity contribution in [2.24, 2.45) is 5.84 Å². The Kier molecular flexibility index (Phi) is 6.38. The fraction of sp³-hybridized carbons (Fsp3) is 0.667. The number of nitrogens with one attached hydrogen (secondary N) is 2. The molecule has 102 valence electrons. The summed E-state index contributed by atoms with van der Waals surface area (Å²) in [7, 11) is 0. The third-order valence-electron chi connectivity index (χ3n) is 2.55. The van der Waals surface area contributed by atoms with Crippen LogP contribution in [0.1, 0.15) is 31.7 Å². The number of hydrogen-bond donors (Lipinski definition) is 3. The Balaban J connectivity index is 2.77. The van der Waals surface area contributed by atoms with Crippen LogP contribution < -0.4 is 16.6 Å². The number of nitrogens with two attached hydrogens (primary N) is 1. The van der Waals surface area contributed by atoms with Gasteiger partial charge < -0.3 is 15.5 Å². The molecular formula is C12H23N5O. The lowest BCUT2D eigenvalue weighted by Crippen LogP contribution is -2.17. The molecule has 0 saturated carbocycles. The van der Waals surface area contributed by atoms with E-state index in [0.717, 1.165) is 43.2 Å². The predicted octanol–water partition coefficient (Wildman–Crippen LogP) is 1.47. The molecular weight excluding hydrogens is 230 g/mol. The van der Waals surface area contributed by atoms with Crippen LogP contribution in [0.25, 0.3) is 0 Å². The number of hydrogen-bond acceptors (Lipinski definition) is 6. The second-order valence-electron chi connectivity index (χ2n) is 3.98. The molecule has 4 N–H and O–H groups in total. The van der Waals surface area contributed by atoms with Gasteiger partial charge in [0.2, 0.25) is 0 Å². The maximum Gasteiger partial charge on any atom is 0.148 e. The Labute approximate surface area is 108 Å². The Hall–Kier alpha value is -1.40. The Morgan fingerprint density at radius 1 is 1.22 bits per heavy atom. The van der Waals surface area contributed by atoms with Gasteiger partial charge in [0, 0.05) is 25.1 Å². The molecule has 6 heteroatoms. The first-order valence-corrected chi connectivity index (χ1v) is 6.38. The van der Waals surface area contributed by atoms with Gasteiger partial charge in [0.05, 0.1) is 6.61 Å². The molecule has 18 heavy (non-hydrogen) atoms. The summed E-state index contributed by atoms with van der Waals surface area (Å²) in [6, 6.07) is 0. The Morgan fingerprint density at radius 3 is 2.56 bits per heavy atom. The molecule has 0 saturated heterocycles. The summed E-state index contributed by atoms with van der Waals surface area (Å²) in [6.07, 6.45) is 1.85. The second-order valence-corrected chi connectivity index (χ2v) is 3.98. The van der Waals surface area contributed by atoms with E-state index in [2.05, 4.69) is 27.6 Å². The standard InChI is InChI=1S/C12H23N5O/c1-4-6-10-15-11(14-7-8-18-5-2)9(3)12(16-10)17-13/h4-8,13H2,1-3H3,(H2,14,15,16,17). The average molecular weight is 253 g/mol. The third-order valence-corrected chi connectivity index (χ3v) is 2.55. The first-order chi connectivity index (χ1) is 8.72. The van der Waals surface area contributed by atoms with Gasteiger partial charge in [-0.1, -0.05) is 6.92 Å². The number of rotatable bonds is 8. The smallest absolute Gasteiger partial charge is 0.148 e. The van der Waals surface area contributed by atoms with Crippen molar-refractivity contribution in [3.05, 3.63) is 11.4 Å². The molecule has 0 radical (unpaired) electrons. The molecule has 0 aromatic carbocycles. The van der Waals surface area contributed by atoms with Crippen molar-refractivity contribution in [2.75, 3.05) is 30.5 Å². The van der Waals surface area contributed by atoms with Crippen LogP contribution in [0.3, 0.4) is 0 Å². The summed E-state index contributed by atoms with van der Waals surface area (Å²) in [4.78, 5) is 8.86. The molecule has 1 heterocycles. The number of nitrogen functional groups attached to an aromatic ring is 1. The zero-order chi connectivity index (χ0) is 13.4. The summed E-state index contributed by atoms with van der Waals surface area (Å²) in [5, 5.41) is 3.25. The summed E-state index contributed by atoms with van der Waals surface area (Å²) in [5.74, 6) is 7.76. The van der Waals surface area contributed by atoms with Gasteiger partial charge >= 0.3 is 0 Å². The second kappa shape index (κ2) is 7.84. The van der Waals surface area contributed by atoms with Crippen molar-refractivity contribution in [1.29, 1.82) is 0 Å². The van der Waals surface area contributed by atoms with Crippen LogP contribution in [0.2, 0.25) is 0 Å². The molecule has 0 aliphatic rings. The molecule has 1 rings (SSSR count). The lowest BCUT2D eigenvalue weighted by molar-refractivity contribution is 0.158. The van der Waals surface area contributed by atoms with Gasteiger partial charge in [-0.05, 0) is 20.3 Å². The van der Waals surface area contributed by atoms with Gasteiger partial charge in [0.1, 0.15) is 17.5 Å². The zero-order valence-electron chi connectivity index (χ0n) is 11.4. The zero-order valence-corrected chi connectivity index (χ0v) is 11.4. The van der Waals surface area contributed by atoms with Gasteiger partial charge in [0.25, 0.3) is 0 Å². The molecule has 0 fully saturated rings. The average Bonchev–Trinajstić information content (AvgIpc) is 2.38. The van der Waals surface area contributed by atoms with E-state index in [0.29, 0.717) is 12.4 Å². The van der Waals surface area contributed by atoms with Crippen LogP contribution in [0.15, 0.2) is 0 Å². The number of nitrogens with zero attached hydrogens (tertiary/aromatic N) is 2. The highest BCUT2D eigenvalue weighted by Gasteiger charge is 2.09. The van der Waals surface area contributed by atoms with Crippen LogP contribution in [-0.2, 0) is 11.2 Å². The van der Waals surface area contributed by atoms with Crippen molar-refractivity contribution in [2.45, 2.75) is 33.6 Å². The van der Waals surface area contributed by atoms with Gasteiger partial charge in [-0.25, -0.2) is 15.8 Å². The van der Waals surface area contributed by atoms with E-state index in [9.17, 15) is 0 Å². The van der Waals surface area contributed by atoms with Crippen LogP contribution >= 0.6 is 0 Å². The summed E-state index contributed by atoms with van der Waals surface area (Å²) in [6.45, 7) is 8.12. The molecule has 0 amide bonds. The number of hydrazine groups is 1. The van der Waals surface area contributed by atoms with Crippen molar-refractivity contribution in [3.63, 3.8) is 0 Å². The maximum absolute atomic E-state index is 5.47. The third kappa shape index (κ3) is 4.12. The van der Waals surface area contributed by atoms with Gasteiger partial charge in [0.15, 0.2) is 0 Å². The topological polar surface area (TPSA) is 85.1 Å². The monoisotopic (exact) mass is 253 g/mol. The van der Waals surface area contributed by atoms with E-state index in [1.54, 1.807) is 0 Å². The van der Waals surface area contributed by atoms with Crippen molar-refractivity contribution in [3.8, 4) is 0 Å². The summed E-state index contributed by atoms with van der Waals surface area (Å²) in [5.41, 5.74) is 3.54. The van der Waals surface area contributed by atoms with Crippen LogP contribution in [0.5, 0.6) is 0 Å². The largest absolute Gasteiger partial charge is 0.380 e. The molecule has 0 atom stereocenters. The minimum absolute atomic E-state index is 0.661. The van der Waals surface area contributed by atoms with E-state index in [1.807, 2.05) is 13.8 Å². The van der Waals surface area contributed by atoms with Crippen molar-refractivity contribution >= 4 is 11.6 Å². The Bertz CT molecular complexity index is 370. The molecule has 0 aliphatic heterocycles. The van der Waals surface area contributed by atoms with Gasteiger partial charge in [-0.15, -0.1) is 0 Å². The minimum Gasteiger partial charge on any atom is -0.380 e. The molecule has 6 nitrogen and oxygen atoms in total. The van der Waals surface area contributed by atoms with Crippen molar-refractivity contribution in [1.82, 2.24) is 9.97 Å². The highest BCUT2D eigenvalue weighted by atomic mass is 16.5. The maximum atomic E-state index is 5.47. The van der Waals surface area contributed by atoms with Gasteiger partial charge in [-0.2, -0.15) is 0 Å². The van der Waals surface area contributed by atoms with Gasteiger partial charge in [-0.3, -0.25) is 0 Å². The van der Waals surface area contributed by atoms with E-state index < -0.39 is 0 Å². The normalized spacial score (nSPS) is 10.4. The first kappa shape index (κ1) is 14.7. The van der Waals surface area contributed by atoms with E-state index in [1.165, 1.54) is 0 Å². The fourth-order valence-corrected chi connectivity index (χ4v) is 1.60. The number of ether oxygens (including phenoxy) is 1. The molecule has 0 unspecified atom stereocenters. The Morgan fingerprint density at radius 2 is 1.94 bits per heavy atom. The van der Waals surface area contributed by atoms with E-state index in [4.69, 9.17) is 10.6 Å². The highest BCUT2D eigenvalue weighted by molar-refractivity contribution is 5.56. The lowest BCUT2D eigenvalue weighted by atomic mass is 10.2. The summed E-state index contributed by atoms with van der Waals surface area (Å²) >= 11 is 0. The number of anilines is 2. The quantitative estimate of drug-likeness (QED) is 0.369. The number of aryl methyl sites for hydroxylation is 1. The van der Waals surface area contributed by atoms with E-state index in [-0.39, 0.29) is 0 Å². The van der Waals surface area contributed by atoms with E-state index >= 15 is 0 Å². The SMILES string of the molecule is CCCc1nc(NN)c(C)c(NCCOCC)n1. The van der Waals surface area contributed by atoms with Crippen molar-refractivity contribution < 1.29 is 4.74 Å². The molecule has 0 aliphatic carbocycles. The minimum atomic E-state index is 0.661. The predicted molar refractivity (Wildman–Crippen MR) is 73.6 cm³/mol. The molecule has 1 aromatic rings. The first-order valence-electron chi connectivity index (χ1n) is 6.38. The van der Waals surface area contributed by atoms with Crippen LogP contribution in [-0.4, -0.2) is 29.7 Å².